The Morgan fingerprint density at radius 1 is 1.14 bits per heavy atom. The van der Waals surface area contributed by atoms with Crippen molar-refractivity contribution < 1.29 is 14.3 Å². The lowest BCUT2D eigenvalue weighted by Gasteiger charge is -2.24. The van der Waals surface area contributed by atoms with Gasteiger partial charge in [-0.05, 0) is 35.9 Å². The van der Waals surface area contributed by atoms with Crippen molar-refractivity contribution in [1.82, 2.24) is 0 Å². The second-order valence-electron chi connectivity index (χ2n) is 4.88. The monoisotopic (exact) mass is 281 g/mol. The standard InChI is InChI=1S/C17H15NO3/c1-21-13-8-6-12(7-9-13)18-16(10-11-19)14-4-2-3-5-15(14)17(18)20/h2-9,11,16H,10H2,1H3. The highest BCUT2D eigenvalue weighted by Gasteiger charge is 2.36. The first-order valence-corrected chi connectivity index (χ1v) is 6.76. The number of amides is 1. The van der Waals surface area contributed by atoms with Gasteiger partial charge >= 0.3 is 0 Å². The summed E-state index contributed by atoms with van der Waals surface area (Å²) in [5.74, 6) is 0.664. The van der Waals surface area contributed by atoms with Gasteiger partial charge in [0, 0.05) is 17.7 Å². The van der Waals surface area contributed by atoms with Crippen molar-refractivity contribution in [2.24, 2.45) is 0 Å². The molecule has 4 heteroatoms. The maximum absolute atomic E-state index is 12.6. The van der Waals surface area contributed by atoms with Crippen LogP contribution in [0.3, 0.4) is 0 Å². The molecule has 0 fully saturated rings. The summed E-state index contributed by atoms with van der Waals surface area (Å²) in [5.41, 5.74) is 2.34. The molecule has 21 heavy (non-hydrogen) atoms. The Morgan fingerprint density at radius 2 is 1.86 bits per heavy atom. The Morgan fingerprint density at radius 3 is 2.52 bits per heavy atom. The van der Waals surface area contributed by atoms with Gasteiger partial charge in [-0.25, -0.2) is 0 Å². The molecule has 0 saturated carbocycles. The third kappa shape index (κ3) is 2.18. The fourth-order valence-corrected chi connectivity index (χ4v) is 2.76. The van der Waals surface area contributed by atoms with Crippen molar-refractivity contribution in [3.63, 3.8) is 0 Å². The van der Waals surface area contributed by atoms with Gasteiger partial charge in [0.15, 0.2) is 0 Å². The van der Waals surface area contributed by atoms with E-state index >= 15 is 0 Å². The minimum absolute atomic E-state index is 0.0670. The predicted octanol–water partition coefficient (Wildman–Crippen LogP) is 2.99. The molecule has 0 saturated heterocycles. The molecule has 0 aromatic heterocycles. The van der Waals surface area contributed by atoms with Crippen LogP contribution in [0, 0.1) is 0 Å². The lowest BCUT2D eigenvalue weighted by atomic mass is 10.0. The maximum Gasteiger partial charge on any atom is 0.259 e. The number of anilines is 1. The Labute approximate surface area is 123 Å². The van der Waals surface area contributed by atoms with Crippen LogP contribution in [0.25, 0.3) is 0 Å². The second kappa shape index (κ2) is 5.40. The molecular weight excluding hydrogens is 266 g/mol. The summed E-state index contributed by atoms with van der Waals surface area (Å²) in [4.78, 5) is 25.3. The van der Waals surface area contributed by atoms with Crippen LogP contribution in [0.5, 0.6) is 5.75 Å². The highest BCUT2D eigenvalue weighted by molar-refractivity contribution is 6.11. The summed E-state index contributed by atoms with van der Waals surface area (Å²) < 4.78 is 5.14. The number of hydrogen-bond acceptors (Lipinski definition) is 3. The summed E-state index contributed by atoms with van der Waals surface area (Å²) in [6, 6.07) is 14.5. The van der Waals surface area contributed by atoms with E-state index in [4.69, 9.17) is 4.74 Å². The minimum Gasteiger partial charge on any atom is -0.497 e. The quantitative estimate of drug-likeness (QED) is 0.809. The number of carbonyl (C=O) groups is 2. The largest absolute Gasteiger partial charge is 0.497 e. The summed E-state index contributed by atoms with van der Waals surface area (Å²) in [6.45, 7) is 0. The number of hydrogen-bond donors (Lipinski definition) is 0. The van der Waals surface area contributed by atoms with Crippen LogP contribution in [0.15, 0.2) is 48.5 Å². The Hall–Kier alpha value is -2.62. The van der Waals surface area contributed by atoms with Gasteiger partial charge in [0.25, 0.3) is 5.91 Å². The van der Waals surface area contributed by atoms with Gasteiger partial charge in [-0.2, -0.15) is 0 Å². The average Bonchev–Trinajstić information content (AvgIpc) is 2.81. The van der Waals surface area contributed by atoms with Crippen LogP contribution < -0.4 is 9.64 Å². The first kappa shape index (κ1) is 13.4. The van der Waals surface area contributed by atoms with Crippen LogP contribution in [-0.2, 0) is 4.79 Å². The van der Waals surface area contributed by atoms with Crippen molar-refractivity contribution >= 4 is 17.9 Å². The van der Waals surface area contributed by atoms with Gasteiger partial charge in [-0.1, -0.05) is 18.2 Å². The Balaban J connectivity index is 2.04. The normalized spacial score (nSPS) is 16.7. The Bertz CT molecular complexity index is 679. The molecule has 1 atom stereocenters. The first-order valence-electron chi connectivity index (χ1n) is 6.76. The third-order valence-corrected chi connectivity index (χ3v) is 3.75. The number of ether oxygens (including phenoxy) is 1. The number of rotatable bonds is 4. The molecule has 0 N–H and O–H groups in total. The molecule has 0 bridgehead atoms. The van der Waals surface area contributed by atoms with E-state index in [0.29, 0.717) is 5.56 Å². The van der Waals surface area contributed by atoms with Crippen LogP contribution in [-0.4, -0.2) is 19.3 Å². The lowest BCUT2D eigenvalue weighted by molar-refractivity contribution is -0.108. The molecule has 106 valence electrons. The average molecular weight is 281 g/mol. The molecule has 3 rings (SSSR count). The van der Waals surface area contributed by atoms with E-state index in [2.05, 4.69) is 0 Å². The summed E-state index contributed by atoms with van der Waals surface area (Å²) in [5, 5.41) is 0. The van der Waals surface area contributed by atoms with Gasteiger partial charge in [0.05, 0.1) is 13.2 Å². The maximum atomic E-state index is 12.6. The smallest absolute Gasteiger partial charge is 0.259 e. The summed E-state index contributed by atoms with van der Waals surface area (Å²) in [7, 11) is 1.60. The van der Waals surface area contributed by atoms with Crippen LogP contribution in [0.2, 0.25) is 0 Å². The van der Waals surface area contributed by atoms with Gasteiger partial charge in [0.2, 0.25) is 0 Å². The highest BCUT2D eigenvalue weighted by Crippen LogP contribution is 2.39. The molecule has 4 nitrogen and oxygen atoms in total. The zero-order valence-electron chi connectivity index (χ0n) is 11.7. The van der Waals surface area contributed by atoms with Crippen molar-refractivity contribution in [2.45, 2.75) is 12.5 Å². The van der Waals surface area contributed by atoms with Crippen molar-refractivity contribution in [1.29, 1.82) is 0 Å². The Kier molecular flexibility index (Phi) is 3.44. The van der Waals surface area contributed by atoms with Crippen LogP contribution >= 0.6 is 0 Å². The van der Waals surface area contributed by atoms with E-state index in [1.165, 1.54) is 0 Å². The van der Waals surface area contributed by atoms with Gasteiger partial charge in [-0.3, -0.25) is 4.79 Å². The molecule has 1 heterocycles. The highest BCUT2D eigenvalue weighted by atomic mass is 16.5. The topological polar surface area (TPSA) is 46.6 Å². The lowest BCUT2D eigenvalue weighted by Crippen LogP contribution is -2.27. The van der Waals surface area contributed by atoms with E-state index < -0.39 is 0 Å². The zero-order chi connectivity index (χ0) is 14.8. The fourth-order valence-electron chi connectivity index (χ4n) is 2.76. The molecule has 0 radical (unpaired) electrons. The second-order valence-corrected chi connectivity index (χ2v) is 4.88. The summed E-state index contributed by atoms with van der Waals surface area (Å²) >= 11 is 0. The third-order valence-electron chi connectivity index (χ3n) is 3.75. The van der Waals surface area contributed by atoms with E-state index in [1.54, 1.807) is 18.1 Å². The zero-order valence-corrected chi connectivity index (χ0v) is 11.7. The molecule has 1 unspecified atom stereocenters. The van der Waals surface area contributed by atoms with Crippen LogP contribution in [0.4, 0.5) is 5.69 Å². The van der Waals surface area contributed by atoms with E-state index in [1.807, 2.05) is 42.5 Å². The molecule has 2 aromatic carbocycles. The number of aldehydes is 1. The molecule has 1 aliphatic rings. The number of methoxy groups -OCH3 is 1. The molecule has 1 aliphatic heterocycles. The van der Waals surface area contributed by atoms with Crippen molar-refractivity contribution in [3.05, 3.63) is 59.7 Å². The van der Waals surface area contributed by atoms with E-state index in [-0.39, 0.29) is 18.4 Å². The van der Waals surface area contributed by atoms with Crippen molar-refractivity contribution in [2.75, 3.05) is 12.0 Å². The van der Waals surface area contributed by atoms with Crippen molar-refractivity contribution in [3.8, 4) is 5.75 Å². The number of nitrogens with zero attached hydrogens (tertiary/aromatic N) is 1. The van der Waals surface area contributed by atoms with Gasteiger partial charge in [-0.15, -0.1) is 0 Å². The predicted molar refractivity (Wildman–Crippen MR) is 79.7 cm³/mol. The van der Waals surface area contributed by atoms with Crippen LogP contribution in [0.1, 0.15) is 28.4 Å². The fraction of sp³-hybridized carbons (Fsp3) is 0.176. The SMILES string of the molecule is COc1ccc(N2C(=O)c3ccccc3C2CC=O)cc1. The number of carbonyl (C=O) groups excluding carboxylic acids is 2. The minimum atomic E-state index is -0.236. The van der Waals surface area contributed by atoms with E-state index in [9.17, 15) is 9.59 Å². The molecule has 2 aromatic rings. The number of fused-ring (bicyclic) bond motifs is 1. The molecule has 1 amide bonds. The first-order chi connectivity index (χ1) is 10.3. The molecule has 0 aliphatic carbocycles. The molecular formula is C17H15NO3. The summed E-state index contributed by atoms with van der Waals surface area (Å²) in [6.07, 6.45) is 1.14. The van der Waals surface area contributed by atoms with Gasteiger partial charge in [0.1, 0.15) is 12.0 Å². The molecule has 0 spiro atoms. The van der Waals surface area contributed by atoms with Gasteiger partial charge < -0.3 is 14.4 Å². The van der Waals surface area contributed by atoms with E-state index in [0.717, 1.165) is 23.3 Å². The number of benzene rings is 2.